The molecular weight excluding hydrogens is 522 g/mol. The number of phenols is 1. The Morgan fingerprint density at radius 2 is 1.42 bits per heavy atom. The van der Waals surface area contributed by atoms with Crippen LogP contribution in [0.3, 0.4) is 0 Å². The zero-order valence-corrected chi connectivity index (χ0v) is 20.4. The van der Waals surface area contributed by atoms with Gasteiger partial charge in [0.15, 0.2) is 5.69 Å². The van der Waals surface area contributed by atoms with Crippen LogP contribution in [0.4, 0.5) is 28.4 Å². The van der Waals surface area contributed by atoms with E-state index < -0.39 is 42.8 Å². The van der Waals surface area contributed by atoms with Crippen molar-refractivity contribution in [2.75, 3.05) is 36.9 Å². The van der Waals surface area contributed by atoms with E-state index in [0.29, 0.717) is 0 Å². The lowest BCUT2D eigenvalue weighted by Gasteiger charge is -2.26. The van der Waals surface area contributed by atoms with Gasteiger partial charge in [0, 0.05) is 36.6 Å². The van der Waals surface area contributed by atoms with Gasteiger partial charge in [0.1, 0.15) is 5.75 Å². The highest BCUT2D eigenvalue weighted by Crippen LogP contribution is 2.38. The number of hydrogen-bond donors (Lipinski definition) is 3. The van der Waals surface area contributed by atoms with E-state index in [9.17, 15) is 38.5 Å². The Hall–Kier alpha value is -4.60. The molecule has 0 unspecified atom stereocenters. The summed E-state index contributed by atoms with van der Waals surface area (Å²) in [6.07, 6.45) is 0. The topological polar surface area (TPSA) is 194 Å². The highest BCUT2D eigenvalue weighted by molar-refractivity contribution is 7.89. The van der Waals surface area contributed by atoms with E-state index in [-0.39, 0.29) is 53.9 Å². The lowest BCUT2D eigenvalue weighted by atomic mass is 10.1. The molecule has 0 atom stereocenters. The number of nitrogens with zero attached hydrogens (tertiary/aromatic N) is 3. The second-order valence-electron chi connectivity index (χ2n) is 8.07. The molecule has 4 rings (SSSR count). The largest absolute Gasteiger partial charge is 0.508 e. The molecule has 1 aliphatic rings. The van der Waals surface area contributed by atoms with Crippen LogP contribution in [0.15, 0.2) is 65.6 Å². The van der Waals surface area contributed by atoms with Gasteiger partial charge in [0.05, 0.1) is 33.5 Å². The molecule has 15 heteroatoms. The van der Waals surface area contributed by atoms with E-state index in [1.165, 1.54) is 52.8 Å². The third-order valence-electron chi connectivity index (χ3n) is 5.61. The number of benzene rings is 3. The number of nitro benzene ring substituents is 2. The first-order valence-corrected chi connectivity index (χ1v) is 12.5. The van der Waals surface area contributed by atoms with Gasteiger partial charge in [0.2, 0.25) is 10.0 Å². The van der Waals surface area contributed by atoms with Crippen molar-refractivity contribution in [3.8, 4) is 5.75 Å². The number of nitrogens with one attached hydrogen (secondary N) is 2. The first-order chi connectivity index (χ1) is 18.1. The molecule has 0 spiro atoms. The van der Waals surface area contributed by atoms with E-state index >= 15 is 0 Å². The molecule has 0 saturated carbocycles. The van der Waals surface area contributed by atoms with Crippen molar-refractivity contribution < 1.29 is 32.9 Å². The van der Waals surface area contributed by atoms with Gasteiger partial charge in [-0.05, 0) is 48.5 Å². The molecule has 38 heavy (non-hydrogen) atoms. The summed E-state index contributed by atoms with van der Waals surface area (Å²) in [6.45, 7) is 1.01. The number of ether oxygens (including phenoxy) is 1. The SMILES string of the molecule is O=C(Nc1ccc(S(=O)(=O)N2CCOCC2)cc1)c1cc([N+](=O)[O-])c(Nc2ccc(O)cc2)c([N+](=O)[O-])c1. The fraction of sp³-hybridized carbons (Fsp3) is 0.174. The van der Waals surface area contributed by atoms with Gasteiger partial charge in [-0.2, -0.15) is 4.31 Å². The van der Waals surface area contributed by atoms with Crippen molar-refractivity contribution in [3.63, 3.8) is 0 Å². The molecule has 3 aromatic rings. The van der Waals surface area contributed by atoms with Gasteiger partial charge in [-0.15, -0.1) is 0 Å². The van der Waals surface area contributed by atoms with Gasteiger partial charge in [-0.3, -0.25) is 25.0 Å². The first-order valence-electron chi connectivity index (χ1n) is 11.1. The van der Waals surface area contributed by atoms with E-state index in [1.54, 1.807) is 0 Å². The predicted molar refractivity (Wildman–Crippen MR) is 135 cm³/mol. The minimum Gasteiger partial charge on any atom is -0.508 e. The van der Waals surface area contributed by atoms with Gasteiger partial charge >= 0.3 is 11.4 Å². The quantitative estimate of drug-likeness (QED) is 0.216. The zero-order valence-electron chi connectivity index (χ0n) is 19.6. The number of carbonyl (C=O) groups is 1. The summed E-state index contributed by atoms with van der Waals surface area (Å²) < 4.78 is 32.0. The van der Waals surface area contributed by atoms with E-state index in [0.717, 1.165) is 12.1 Å². The van der Waals surface area contributed by atoms with Crippen molar-refractivity contribution in [2.45, 2.75) is 4.90 Å². The third-order valence-corrected chi connectivity index (χ3v) is 7.52. The average Bonchev–Trinajstić information content (AvgIpc) is 2.90. The van der Waals surface area contributed by atoms with Crippen LogP contribution in [-0.2, 0) is 14.8 Å². The molecule has 1 fully saturated rings. The molecule has 1 amide bonds. The Morgan fingerprint density at radius 3 is 1.95 bits per heavy atom. The van der Waals surface area contributed by atoms with Crippen molar-refractivity contribution in [1.29, 1.82) is 0 Å². The normalized spacial score (nSPS) is 14.0. The maximum absolute atomic E-state index is 12.9. The Labute approximate surface area is 215 Å². The van der Waals surface area contributed by atoms with Crippen LogP contribution >= 0.6 is 0 Å². The molecule has 0 bridgehead atoms. The Kier molecular flexibility index (Phi) is 7.52. The summed E-state index contributed by atoms with van der Waals surface area (Å²) in [7, 11) is -3.75. The Balaban J connectivity index is 1.60. The molecule has 14 nitrogen and oxygen atoms in total. The molecule has 1 heterocycles. The van der Waals surface area contributed by atoms with Crippen LogP contribution in [-0.4, -0.2) is 59.9 Å². The third kappa shape index (κ3) is 5.69. The maximum Gasteiger partial charge on any atom is 0.300 e. The molecule has 0 aromatic heterocycles. The maximum atomic E-state index is 12.9. The summed E-state index contributed by atoms with van der Waals surface area (Å²) in [6, 6.07) is 12.4. The summed E-state index contributed by atoms with van der Waals surface area (Å²) in [4.78, 5) is 34.6. The van der Waals surface area contributed by atoms with E-state index in [1.807, 2.05) is 0 Å². The minimum atomic E-state index is -3.75. The number of sulfonamides is 1. The molecule has 0 radical (unpaired) electrons. The highest BCUT2D eigenvalue weighted by Gasteiger charge is 2.29. The van der Waals surface area contributed by atoms with E-state index in [2.05, 4.69) is 10.6 Å². The Bertz CT molecular complexity index is 1450. The fourth-order valence-corrected chi connectivity index (χ4v) is 5.11. The molecule has 3 aromatic carbocycles. The standard InChI is InChI=1S/C23H21N5O9S/c29-18-5-1-16(2-6-18)24-22-20(27(31)32)13-15(14-21(22)28(33)34)23(30)25-17-3-7-19(8-4-17)38(35,36)26-9-11-37-12-10-26/h1-8,13-14,24,29H,9-12H2,(H,25,30). The number of nitro groups is 2. The molecule has 0 aliphatic carbocycles. The molecule has 1 aliphatic heterocycles. The summed E-state index contributed by atoms with van der Waals surface area (Å²) in [5.74, 6) is -0.950. The van der Waals surface area contributed by atoms with Crippen LogP contribution in [0, 0.1) is 20.2 Å². The second kappa shape index (κ2) is 10.8. The summed E-state index contributed by atoms with van der Waals surface area (Å²) in [5.41, 5.74) is -1.83. The Morgan fingerprint density at radius 1 is 0.895 bits per heavy atom. The predicted octanol–water partition coefficient (Wildman–Crippen LogP) is 3.23. The molecule has 1 saturated heterocycles. The smallest absolute Gasteiger partial charge is 0.300 e. The number of morpholine rings is 1. The first kappa shape index (κ1) is 26.5. The number of phenolic OH excluding ortho intramolecular Hbond substituents is 1. The number of anilines is 3. The van der Waals surface area contributed by atoms with Crippen LogP contribution in [0.5, 0.6) is 5.75 Å². The lowest BCUT2D eigenvalue weighted by Crippen LogP contribution is -2.40. The van der Waals surface area contributed by atoms with Crippen molar-refractivity contribution >= 4 is 44.4 Å². The monoisotopic (exact) mass is 543 g/mol. The zero-order chi connectivity index (χ0) is 27.4. The number of amides is 1. The fourth-order valence-electron chi connectivity index (χ4n) is 3.70. The highest BCUT2D eigenvalue weighted by atomic mass is 32.2. The summed E-state index contributed by atoms with van der Waals surface area (Å²) >= 11 is 0. The van der Waals surface area contributed by atoms with Crippen molar-refractivity contribution in [2.24, 2.45) is 0 Å². The van der Waals surface area contributed by atoms with Crippen LogP contribution in [0.1, 0.15) is 10.4 Å². The van der Waals surface area contributed by atoms with Gasteiger partial charge < -0.3 is 20.5 Å². The van der Waals surface area contributed by atoms with Crippen molar-refractivity contribution in [1.82, 2.24) is 4.31 Å². The summed E-state index contributed by atoms with van der Waals surface area (Å²) in [5, 5.41) is 38.0. The van der Waals surface area contributed by atoms with Crippen molar-refractivity contribution in [3.05, 3.63) is 86.5 Å². The number of hydrogen-bond acceptors (Lipinski definition) is 10. The van der Waals surface area contributed by atoms with Crippen LogP contribution < -0.4 is 10.6 Å². The van der Waals surface area contributed by atoms with Gasteiger partial charge in [0.25, 0.3) is 5.91 Å². The average molecular weight is 544 g/mol. The number of aromatic hydroxyl groups is 1. The minimum absolute atomic E-state index is 0.00772. The lowest BCUT2D eigenvalue weighted by molar-refractivity contribution is -0.392. The molecular formula is C23H21N5O9S. The van der Waals surface area contributed by atoms with Crippen LogP contribution in [0.25, 0.3) is 0 Å². The second-order valence-corrected chi connectivity index (χ2v) is 10.0. The number of rotatable bonds is 8. The molecule has 198 valence electrons. The number of carbonyl (C=O) groups excluding carboxylic acids is 1. The molecule has 3 N–H and O–H groups in total. The van der Waals surface area contributed by atoms with E-state index in [4.69, 9.17) is 4.74 Å². The van der Waals surface area contributed by atoms with Crippen LogP contribution in [0.2, 0.25) is 0 Å². The van der Waals surface area contributed by atoms with Gasteiger partial charge in [-0.1, -0.05) is 0 Å². The van der Waals surface area contributed by atoms with Gasteiger partial charge in [-0.25, -0.2) is 8.42 Å².